The molecule has 3 heterocycles. The van der Waals surface area contributed by atoms with Gasteiger partial charge >= 0.3 is 0 Å². The van der Waals surface area contributed by atoms with E-state index >= 15 is 0 Å². The Morgan fingerprint density at radius 2 is 1.84 bits per heavy atom. The maximum atomic E-state index is 14.0. The molecule has 38 heavy (non-hydrogen) atoms. The monoisotopic (exact) mass is 586 g/mol. The summed E-state index contributed by atoms with van der Waals surface area (Å²) in [7, 11) is 1.40. The van der Waals surface area contributed by atoms with Gasteiger partial charge in [-0.25, -0.2) is 13.5 Å². The van der Waals surface area contributed by atoms with Crippen molar-refractivity contribution in [3.63, 3.8) is 0 Å². The van der Waals surface area contributed by atoms with Gasteiger partial charge in [0.1, 0.15) is 59.1 Å². The third kappa shape index (κ3) is 4.77. The first kappa shape index (κ1) is 26.9. The van der Waals surface area contributed by atoms with Crippen molar-refractivity contribution in [3.05, 3.63) is 75.4 Å². The fourth-order valence-electron chi connectivity index (χ4n) is 4.42. The van der Waals surface area contributed by atoms with Crippen LogP contribution >= 0.6 is 34.8 Å². The highest BCUT2D eigenvalue weighted by molar-refractivity contribution is 6.34. The third-order valence-corrected chi connectivity index (χ3v) is 7.15. The molecule has 0 spiro atoms. The Morgan fingerprint density at radius 1 is 1.11 bits per heavy atom. The molecule has 1 aliphatic rings. The van der Waals surface area contributed by atoms with Crippen LogP contribution in [0.3, 0.4) is 0 Å². The molecule has 15 heteroatoms. The minimum atomic E-state index is -1.32. The van der Waals surface area contributed by atoms with Crippen molar-refractivity contribution < 1.29 is 28.5 Å². The number of halogens is 5. The minimum Gasteiger partial charge on any atom is -0.394 e. The van der Waals surface area contributed by atoms with Crippen LogP contribution in [-0.2, 0) is 9.47 Å². The Labute approximate surface area is 229 Å². The quantitative estimate of drug-likeness (QED) is 0.327. The SMILES string of the molecule is CO[C@@H]1[C@@H](n2cc(-c3cc(F)c(Cl)c(F)c3)nn2)[C@@H](O)[C@@H](CO)O[C@H]1c1nncn1-c1cc(Cl)ccc1Cl. The van der Waals surface area contributed by atoms with E-state index in [0.717, 1.165) is 12.1 Å². The Balaban J connectivity index is 1.56. The molecule has 0 aliphatic carbocycles. The van der Waals surface area contributed by atoms with Crippen molar-refractivity contribution in [2.75, 3.05) is 13.7 Å². The molecule has 0 radical (unpaired) electrons. The van der Waals surface area contributed by atoms with Gasteiger partial charge in [-0.2, -0.15) is 0 Å². The minimum absolute atomic E-state index is 0.0803. The third-order valence-electron chi connectivity index (χ3n) is 6.23. The lowest BCUT2D eigenvalue weighted by Gasteiger charge is -2.43. The molecule has 0 unspecified atom stereocenters. The number of aliphatic hydroxyl groups is 2. The first-order chi connectivity index (χ1) is 18.2. The summed E-state index contributed by atoms with van der Waals surface area (Å²) in [6, 6.07) is 5.92. The van der Waals surface area contributed by atoms with Crippen LogP contribution < -0.4 is 0 Å². The van der Waals surface area contributed by atoms with Crippen molar-refractivity contribution >= 4 is 34.8 Å². The van der Waals surface area contributed by atoms with Gasteiger partial charge in [-0.1, -0.05) is 40.0 Å². The molecule has 2 N–H and O–H groups in total. The van der Waals surface area contributed by atoms with Crippen LogP contribution in [0.25, 0.3) is 16.9 Å². The van der Waals surface area contributed by atoms with Crippen LogP contribution in [0.4, 0.5) is 8.78 Å². The van der Waals surface area contributed by atoms with E-state index in [1.165, 1.54) is 24.3 Å². The molecule has 5 atom stereocenters. The highest BCUT2D eigenvalue weighted by Crippen LogP contribution is 2.40. The first-order valence-electron chi connectivity index (χ1n) is 11.1. The molecule has 1 aliphatic heterocycles. The van der Waals surface area contributed by atoms with Crippen LogP contribution in [-0.4, -0.2) is 72.0 Å². The van der Waals surface area contributed by atoms with Gasteiger partial charge in [0, 0.05) is 17.7 Å². The molecule has 5 rings (SSSR count). The number of aromatic nitrogens is 6. The van der Waals surface area contributed by atoms with E-state index in [0.29, 0.717) is 15.7 Å². The molecule has 2 aromatic carbocycles. The van der Waals surface area contributed by atoms with E-state index in [1.54, 1.807) is 22.8 Å². The predicted octanol–water partition coefficient (Wildman–Crippen LogP) is 3.81. The maximum Gasteiger partial charge on any atom is 0.169 e. The van der Waals surface area contributed by atoms with Crippen LogP contribution in [0.5, 0.6) is 0 Å². The molecule has 0 saturated carbocycles. The Hall–Kier alpha value is -2.71. The van der Waals surface area contributed by atoms with Gasteiger partial charge in [0.2, 0.25) is 0 Å². The number of ether oxygens (including phenoxy) is 2. The van der Waals surface area contributed by atoms with Crippen LogP contribution in [0.2, 0.25) is 15.1 Å². The Kier molecular flexibility index (Phi) is 7.65. The average molecular weight is 588 g/mol. The van der Waals surface area contributed by atoms with Gasteiger partial charge < -0.3 is 19.7 Å². The highest BCUT2D eigenvalue weighted by Gasteiger charge is 2.49. The van der Waals surface area contributed by atoms with E-state index in [1.807, 2.05) is 0 Å². The van der Waals surface area contributed by atoms with Crippen molar-refractivity contribution in [3.8, 4) is 16.9 Å². The van der Waals surface area contributed by atoms with Crippen LogP contribution in [0.15, 0.2) is 42.9 Å². The van der Waals surface area contributed by atoms with Crippen LogP contribution in [0, 0.1) is 11.6 Å². The molecule has 2 aromatic heterocycles. The van der Waals surface area contributed by atoms with E-state index in [9.17, 15) is 19.0 Å². The summed E-state index contributed by atoms with van der Waals surface area (Å²) in [5.41, 5.74) is 0.659. The summed E-state index contributed by atoms with van der Waals surface area (Å²) < 4.78 is 42.7. The summed E-state index contributed by atoms with van der Waals surface area (Å²) in [5, 5.41) is 37.5. The second-order valence-electron chi connectivity index (χ2n) is 8.45. The normalized spacial score (nSPS) is 23.6. The number of hydrogen-bond donors (Lipinski definition) is 2. The Bertz CT molecular complexity index is 1450. The lowest BCUT2D eigenvalue weighted by atomic mass is 9.91. The zero-order valence-electron chi connectivity index (χ0n) is 19.4. The zero-order valence-corrected chi connectivity index (χ0v) is 21.7. The lowest BCUT2D eigenvalue weighted by molar-refractivity contribution is -0.217. The molecule has 1 fully saturated rings. The first-order valence-corrected chi connectivity index (χ1v) is 12.3. The second kappa shape index (κ2) is 10.8. The Morgan fingerprint density at radius 3 is 2.53 bits per heavy atom. The molecule has 10 nitrogen and oxygen atoms in total. The molecule has 0 amide bonds. The van der Waals surface area contributed by atoms with Crippen LogP contribution in [0.1, 0.15) is 18.0 Å². The smallest absolute Gasteiger partial charge is 0.169 e. The summed E-state index contributed by atoms with van der Waals surface area (Å²) in [6.45, 7) is -0.550. The number of methoxy groups -OCH3 is 1. The van der Waals surface area contributed by atoms with Gasteiger partial charge in [-0.15, -0.1) is 15.3 Å². The second-order valence-corrected chi connectivity index (χ2v) is 9.67. The van der Waals surface area contributed by atoms with E-state index in [4.69, 9.17) is 44.3 Å². The van der Waals surface area contributed by atoms with Gasteiger partial charge in [0.25, 0.3) is 0 Å². The molecule has 1 saturated heterocycles. The van der Waals surface area contributed by atoms with Crippen molar-refractivity contribution in [2.24, 2.45) is 0 Å². The van der Waals surface area contributed by atoms with Crippen molar-refractivity contribution in [1.82, 2.24) is 29.8 Å². The van der Waals surface area contributed by atoms with E-state index in [2.05, 4.69) is 20.5 Å². The van der Waals surface area contributed by atoms with Gasteiger partial charge in [0.15, 0.2) is 5.82 Å². The number of benzene rings is 2. The number of nitrogens with zero attached hydrogens (tertiary/aromatic N) is 6. The fourth-order valence-corrected chi connectivity index (χ4v) is 4.90. The molecular formula is C23H19Cl3F2N6O4. The largest absolute Gasteiger partial charge is 0.394 e. The van der Waals surface area contributed by atoms with Gasteiger partial charge in [0.05, 0.1) is 23.5 Å². The number of hydrogen-bond acceptors (Lipinski definition) is 8. The topological polar surface area (TPSA) is 120 Å². The predicted molar refractivity (Wildman–Crippen MR) is 132 cm³/mol. The average Bonchev–Trinajstić information content (AvgIpc) is 3.58. The number of aliphatic hydroxyl groups excluding tert-OH is 2. The molecule has 200 valence electrons. The van der Waals surface area contributed by atoms with Gasteiger partial charge in [-0.3, -0.25) is 4.57 Å². The highest BCUT2D eigenvalue weighted by atomic mass is 35.5. The summed E-state index contributed by atoms with van der Waals surface area (Å²) in [5.74, 6) is -1.67. The molecule has 0 bridgehead atoms. The molecular weight excluding hydrogens is 569 g/mol. The van der Waals surface area contributed by atoms with E-state index in [-0.39, 0.29) is 17.1 Å². The fraction of sp³-hybridized carbons (Fsp3) is 0.304. The van der Waals surface area contributed by atoms with Crippen molar-refractivity contribution in [2.45, 2.75) is 30.5 Å². The maximum absolute atomic E-state index is 14.0. The molecule has 4 aromatic rings. The standard InChI is InChI=1S/C23H19Cl3F2N6O4/c1-37-21-19(34-7-15(30-32-34)10-4-13(27)18(26)14(28)5-10)20(36)17(8-35)38-22(21)23-31-29-9-33(23)16-6-11(24)2-3-12(16)25/h2-7,9,17,19-22,35-36H,8H2,1H3/t17-,19+,20+,21-,22-/m1/s1. The summed E-state index contributed by atoms with van der Waals surface area (Å²) >= 11 is 18.1. The summed E-state index contributed by atoms with van der Waals surface area (Å²) in [6.07, 6.45) is -1.54. The summed E-state index contributed by atoms with van der Waals surface area (Å²) in [4.78, 5) is 0. The number of rotatable bonds is 6. The van der Waals surface area contributed by atoms with Crippen molar-refractivity contribution in [1.29, 1.82) is 0 Å². The van der Waals surface area contributed by atoms with E-state index < -0.39 is 53.7 Å². The lowest BCUT2D eigenvalue weighted by Crippen LogP contribution is -2.53. The van der Waals surface area contributed by atoms with Gasteiger partial charge in [-0.05, 0) is 30.3 Å². The zero-order chi connectivity index (χ0) is 27.1.